The lowest BCUT2D eigenvalue weighted by Gasteiger charge is -2.28. The molecule has 0 bridgehead atoms. The molecule has 78 valence electrons. The lowest BCUT2D eigenvalue weighted by atomic mass is 10.3. The van der Waals surface area contributed by atoms with Crippen molar-refractivity contribution in [2.45, 2.75) is 13.8 Å². The first-order valence-corrected chi connectivity index (χ1v) is 5.05. The average Bonchev–Trinajstić information content (AvgIpc) is 2.26. The monoisotopic (exact) mass is 193 g/mol. The third-order valence-corrected chi connectivity index (χ3v) is 2.35. The van der Waals surface area contributed by atoms with E-state index in [9.17, 15) is 0 Å². The van der Waals surface area contributed by atoms with Gasteiger partial charge in [-0.3, -0.25) is 0 Å². The topological polar surface area (TPSA) is 27.6 Å². The number of nitrogens with one attached hydrogen (secondary N) is 1. The molecule has 0 radical (unpaired) electrons. The van der Waals surface area contributed by atoms with Crippen molar-refractivity contribution < 1.29 is 0 Å². The molecule has 1 rings (SSSR count). The van der Waals surface area contributed by atoms with Gasteiger partial charge in [0.1, 0.15) is 5.82 Å². The molecule has 0 aromatic carbocycles. The van der Waals surface area contributed by atoms with Crippen LogP contribution in [0.5, 0.6) is 0 Å². The van der Waals surface area contributed by atoms with Gasteiger partial charge in [-0.2, -0.15) is 0 Å². The number of rotatable bonds is 3. The molecular formula is C11H19N3. The predicted octanol–water partition coefficient (Wildman–Crippen LogP) is 1.40. The van der Waals surface area contributed by atoms with E-state index in [0.29, 0.717) is 0 Å². The zero-order chi connectivity index (χ0) is 10.4. The van der Waals surface area contributed by atoms with E-state index in [1.54, 1.807) is 0 Å². The molecule has 0 spiro atoms. The van der Waals surface area contributed by atoms with Crippen LogP contribution in [0.1, 0.15) is 13.8 Å². The van der Waals surface area contributed by atoms with Gasteiger partial charge < -0.3 is 10.2 Å². The van der Waals surface area contributed by atoms with Crippen LogP contribution in [-0.4, -0.2) is 37.3 Å². The van der Waals surface area contributed by atoms with Crippen LogP contribution in [-0.2, 0) is 0 Å². The third-order valence-electron chi connectivity index (χ3n) is 2.35. The molecular weight excluding hydrogens is 174 g/mol. The number of hydrogen-bond acceptors (Lipinski definition) is 3. The first kappa shape index (κ1) is 11.0. The van der Waals surface area contributed by atoms with Crippen molar-refractivity contribution in [3.63, 3.8) is 0 Å². The standard InChI is InChI=1S/C11H19N3/c1-4-10(2)9-13-11(3)14-7-5-12-6-8-14/h4,9,12H,3,5-8H2,1-2H3/b10-4-,13-9-. The summed E-state index contributed by atoms with van der Waals surface area (Å²) in [6.45, 7) is 12.1. The van der Waals surface area contributed by atoms with Gasteiger partial charge in [0.25, 0.3) is 0 Å². The Balaban J connectivity index is 2.44. The van der Waals surface area contributed by atoms with Crippen molar-refractivity contribution >= 4 is 6.21 Å². The van der Waals surface area contributed by atoms with E-state index in [-0.39, 0.29) is 0 Å². The summed E-state index contributed by atoms with van der Waals surface area (Å²) < 4.78 is 0. The average molecular weight is 193 g/mol. The van der Waals surface area contributed by atoms with Crippen molar-refractivity contribution in [1.29, 1.82) is 0 Å². The van der Waals surface area contributed by atoms with E-state index in [1.807, 2.05) is 26.1 Å². The van der Waals surface area contributed by atoms with Crippen LogP contribution in [0.3, 0.4) is 0 Å². The van der Waals surface area contributed by atoms with Crippen LogP contribution in [0.2, 0.25) is 0 Å². The van der Waals surface area contributed by atoms with Crippen LogP contribution in [0.25, 0.3) is 0 Å². The molecule has 0 amide bonds. The Morgan fingerprint density at radius 3 is 2.64 bits per heavy atom. The molecule has 0 atom stereocenters. The molecule has 0 aromatic heterocycles. The molecule has 3 heteroatoms. The number of allylic oxidation sites excluding steroid dienone is 2. The minimum atomic E-state index is 0.868. The highest BCUT2D eigenvalue weighted by molar-refractivity contribution is 5.78. The number of aliphatic imine (C=N–C) groups is 1. The summed E-state index contributed by atoms with van der Waals surface area (Å²) >= 11 is 0. The second-order valence-electron chi connectivity index (χ2n) is 3.44. The Labute approximate surface area is 86.2 Å². The van der Waals surface area contributed by atoms with E-state index in [4.69, 9.17) is 0 Å². The van der Waals surface area contributed by atoms with Crippen LogP contribution in [0.4, 0.5) is 0 Å². The quantitative estimate of drug-likeness (QED) is 0.686. The Morgan fingerprint density at radius 2 is 2.07 bits per heavy atom. The Bertz CT molecular complexity index is 247. The van der Waals surface area contributed by atoms with Gasteiger partial charge in [0.15, 0.2) is 0 Å². The minimum Gasteiger partial charge on any atom is -0.355 e. The van der Waals surface area contributed by atoms with E-state index in [0.717, 1.165) is 32.0 Å². The number of nitrogens with zero attached hydrogens (tertiary/aromatic N) is 2. The zero-order valence-electron chi connectivity index (χ0n) is 9.08. The highest BCUT2D eigenvalue weighted by atomic mass is 15.2. The molecule has 0 aliphatic carbocycles. The predicted molar refractivity (Wildman–Crippen MR) is 61.5 cm³/mol. The fraction of sp³-hybridized carbons (Fsp3) is 0.545. The first-order chi connectivity index (χ1) is 6.74. The normalized spacial score (nSPS) is 19.0. The summed E-state index contributed by atoms with van der Waals surface area (Å²) in [6.07, 6.45) is 3.90. The first-order valence-electron chi connectivity index (χ1n) is 5.05. The van der Waals surface area contributed by atoms with Crippen LogP contribution in [0, 0.1) is 0 Å². The van der Waals surface area contributed by atoms with Gasteiger partial charge in [0.2, 0.25) is 0 Å². The molecule has 1 heterocycles. The summed E-state index contributed by atoms with van der Waals surface area (Å²) in [4.78, 5) is 6.53. The Kier molecular flexibility index (Phi) is 4.40. The van der Waals surface area contributed by atoms with Crippen molar-refractivity contribution in [1.82, 2.24) is 10.2 Å². The third kappa shape index (κ3) is 3.34. The number of hydrogen-bond donors (Lipinski definition) is 1. The van der Waals surface area contributed by atoms with Gasteiger partial charge in [-0.25, -0.2) is 4.99 Å². The number of piperazine rings is 1. The second kappa shape index (κ2) is 5.60. The Hall–Kier alpha value is -1.09. The molecule has 0 saturated carbocycles. The second-order valence-corrected chi connectivity index (χ2v) is 3.44. The summed E-state index contributed by atoms with van der Waals surface area (Å²) in [6, 6.07) is 0. The van der Waals surface area contributed by atoms with Gasteiger partial charge in [-0.05, 0) is 19.4 Å². The maximum Gasteiger partial charge on any atom is 0.121 e. The lowest BCUT2D eigenvalue weighted by molar-refractivity contribution is 0.298. The maximum absolute atomic E-state index is 4.33. The maximum atomic E-state index is 4.33. The molecule has 1 saturated heterocycles. The van der Waals surface area contributed by atoms with Gasteiger partial charge in [-0.15, -0.1) is 0 Å². The smallest absolute Gasteiger partial charge is 0.121 e. The van der Waals surface area contributed by atoms with Crippen LogP contribution < -0.4 is 5.32 Å². The molecule has 14 heavy (non-hydrogen) atoms. The van der Waals surface area contributed by atoms with Crippen molar-refractivity contribution in [3.05, 3.63) is 24.0 Å². The largest absolute Gasteiger partial charge is 0.355 e. The molecule has 3 nitrogen and oxygen atoms in total. The van der Waals surface area contributed by atoms with Crippen molar-refractivity contribution in [2.75, 3.05) is 26.2 Å². The molecule has 1 aliphatic heterocycles. The van der Waals surface area contributed by atoms with E-state index in [2.05, 4.69) is 21.8 Å². The van der Waals surface area contributed by atoms with Gasteiger partial charge in [-0.1, -0.05) is 12.7 Å². The highest BCUT2D eigenvalue weighted by Gasteiger charge is 2.09. The molecule has 0 aromatic rings. The highest BCUT2D eigenvalue weighted by Crippen LogP contribution is 2.04. The zero-order valence-corrected chi connectivity index (χ0v) is 9.08. The van der Waals surface area contributed by atoms with E-state index >= 15 is 0 Å². The SMILES string of the molecule is C=C(/N=C\C(C)=C/C)N1CCNCC1. The van der Waals surface area contributed by atoms with Gasteiger partial charge in [0.05, 0.1) is 0 Å². The molecule has 1 N–H and O–H groups in total. The van der Waals surface area contributed by atoms with Gasteiger partial charge >= 0.3 is 0 Å². The summed E-state index contributed by atoms with van der Waals surface area (Å²) in [5, 5.41) is 3.30. The van der Waals surface area contributed by atoms with E-state index < -0.39 is 0 Å². The summed E-state index contributed by atoms with van der Waals surface area (Å²) in [5.41, 5.74) is 1.17. The molecule has 0 unspecified atom stereocenters. The lowest BCUT2D eigenvalue weighted by Crippen LogP contribution is -2.42. The van der Waals surface area contributed by atoms with Crippen molar-refractivity contribution in [2.24, 2.45) is 4.99 Å². The van der Waals surface area contributed by atoms with Crippen LogP contribution in [0.15, 0.2) is 29.0 Å². The summed E-state index contributed by atoms with van der Waals surface area (Å²) in [7, 11) is 0. The van der Waals surface area contributed by atoms with E-state index in [1.165, 1.54) is 5.57 Å². The fourth-order valence-electron chi connectivity index (χ4n) is 1.26. The minimum absolute atomic E-state index is 0.868. The molecule has 1 aliphatic rings. The van der Waals surface area contributed by atoms with Gasteiger partial charge in [0, 0.05) is 32.4 Å². The van der Waals surface area contributed by atoms with Crippen LogP contribution >= 0.6 is 0 Å². The summed E-state index contributed by atoms with van der Waals surface area (Å²) in [5.74, 6) is 0.868. The fourth-order valence-corrected chi connectivity index (χ4v) is 1.26. The molecule has 1 fully saturated rings. The Morgan fingerprint density at radius 1 is 1.43 bits per heavy atom. The van der Waals surface area contributed by atoms with Crippen molar-refractivity contribution in [3.8, 4) is 0 Å².